The van der Waals surface area contributed by atoms with E-state index in [1.807, 2.05) is 6.92 Å². The van der Waals surface area contributed by atoms with Crippen LogP contribution in [-0.4, -0.2) is 31.4 Å². The number of aromatic nitrogens is 1. The van der Waals surface area contributed by atoms with Crippen molar-refractivity contribution in [3.63, 3.8) is 0 Å². The van der Waals surface area contributed by atoms with Crippen LogP contribution in [0.3, 0.4) is 0 Å². The molecule has 35 heavy (non-hydrogen) atoms. The zero-order chi connectivity index (χ0) is 25.1. The van der Waals surface area contributed by atoms with Crippen molar-refractivity contribution >= 4 is 23.4 Å². The number of thiazole rings is 1. The van der Waals surface area contributed by atoms with Gasteiger partial charge in [0.2, 0.25) is 0 Å². The predicted molar refractivity (Wildman–Crippen MR) is 131 cm³/mol. The lowest BCUT2D eigenvalue weighted by atomic mass is 9.94. The standard InChI is InChI=1S/C26H25FN2O5S/c1-5-13-34-23-18(7-6-8-19(23)32-3)22-21(25(31)33-4)15(2)28-26-29(22)24(30)20(35-26)14-16-9-11-17(27)12-10-16/h6-12,14,22H,5,13H2,1-4H3/b20-14-/t22-/m1/s1. The SMILES string of the molecule is CCCOc1c(OC)cccc1[C@@H]1C(C(=O)OC)=C(C)N=c2s/c(=C\c3ccc(F)cc3)c(=O)n21. The first kappa shape index (κ1) is 24.4. The molecule has 4 rings (SSSR count). The Kier molecular flexibility index (Phi) is 7.16. The van der Waals surface area contributed by atoms with Gasteiger partial charge in [0, 0.05) is 5.56 Å². The number of methoxy groups -OCH3 is 2. The summed E-state index contributed by atoms with van der Waals surface area (Å²) in [5.41, 5.74) is 1.61. The van der Waals surface area contributed by atoms with E-state index < -0.39 is 12.0 Å². The van der Waals surface area contributed by atoms with Crippen LogP contribution in [-0.2, 0) is 9.53 Å². The average Bonchev–Trinajstić information content (AvgIpc) is 3.16. The van der Waals surface area contributed by atoms with Crippen LogP contribution in [0.1, 0.15) is 37.4 Å². The van der Waals surface area contributed by atoms with Gasteiger partial charge in [0.25, 0.3) is 5.56 Å². The van der Waals surface area contributed by atoms with Crippen LogP contribution in [0.4, 0.5) is 4.39 Å². The van der Waals surface area contributed by atoms with Gasteiger partial charge in [-0.25, -0.2) is 14.2 Å². The van der Waals surface area contributed by atoms with E-state index in [9.17, 15) is 14.0 Å². The minimum atomic E-state index is -0.837. The topological polar surface area (TPSA) is 79.1 Å². The Morgan fingerprint density at radius 2 is 1.94 bits per heavy atom. The van der Waals surface area contributed by atoms with Crippen molar-refractivity contribution in [3.8, 4) is 11.5 Å². The first-order valence-corrected chi connectivity index (χ1v) is 11.9. The molecule has 182 valence electrons. The van der Waals surface area contributed by atoms with Gasteiger partial charge >= 0.3 is 5.97 Å². The Bertz CT molecular complexity index is 1470. The molecule has 1 aromatic heterocycles. The van der Waals surface area contributed by atoms with Crippen molar-refractivity contribution in [1.29, 1.82) is 0 Å². The van der Waals surface area contributed by atoms with Gasteiger partial charge in [0.05, 0.1) is 36.6 Å². The number of carbonyl (C=O) groups excluding carboxylic acids is 1. The monoisotopic (exact) mass is 496 g/mol. The number of para-hydroxylation sites is 1. The molecule has 0 radical (unpaired) electrons. The number of carbonyl (C=O) groups is 1. The molecule has 0 saturated heterocycles. The molecule has 0 spiro atoms. The fraction of sp³-hybridized carbons (Fsp3) is 0.269. The summed E-state index contributed by atoms with van der Waals surface area (Å²) in [6.45, 7) is 4.12. The van der Waals surface area contributed by atoms with E-state index >= 15 is 0 Å². The van der Waals surface area contributed by atoms with Crippen LogP contribution in [0, 0.1) is 5.82 Å². The van der Waals surface area contributed by atoms with Gasteiger partial charge in [-0.1, -0.05) is 42.5 Å². The van der Waals surface area contributed by atoms with Gasteiger partial charge in [-0.15, -0.1) is 0 Å². The molecule has 0 amide bonds. The molecule has 2 aromatic carbocycles. The number of rotatable bonds is 7. The highest BCUT2D eigenvalue weighted by molar-refractivity contribution is 7.07. The molecule has 2 heterocycles. The van der Waals surface area contributed by atoms with Gasteiger partial charge in [-0.3, -0.25) is 9.36 Å². The minimum Gasteiger partial charge on any atom is -0.493 e. The quantitative estimate of drug-likeness (QED) is 0.469. The van der Waals surface area contributed by atoms with Gasteiger partial charge in [0.15, 0.2) is 16.3 Å². The third-order valence-electron chi connectivity index (χ3n) is 5.57. The summed E-state index contributed by atoms with van der Waals surface area (Å²) < 4.78 is 31.9. The summed E-state index contributed by atoms with van der Waals surface area (Å²) in [6, 6.07) is 10.4. The predicted octanol–water partition coefficient (Wildman–Crippen LogP) is 3.34. The highest BCUT2D eigenvalue weighted by Gasteiger charge is 2.35. The van der Waals surface area contributed by atoms with E-state index in [0.717, 1.165) is 6.42 Å². The second kappa shape index (κ2) is 10.3. The summed E-state index contributed by atoms with van der Waals surface area (Å²) in [7, 11) is 2.83. The number of allylic oxidation sites excluding steroid dienone is 1. The van der Waals surface area contributed by atoms with Crippen LogP contribution >= 0.6 is 11.3 Å². The molecule has 1 aliphatic heterocycles. The maximum Gasteiger partial charge on any atom is 0.338 e. The second-order valence-electron chi connectivity index (χ2n) is 7.85. The number of hydrogen-bond donors (Lipinski definition) is 0. The fourth-order valence-electron chi connectivity index (χ4n) is 3.96. The van der Waals surface area contributed by atoms with Crippen LogP contribution in [0.5, 0.6) is 11.5 Å². The first-order valence-electron chi connectivity index (χ1n) is 11.1. The molecule has 1 aliphatic rings. The third-order valence-corrected chi connectivity index (χ3v) is 6.55. The van der Waals surface area contributed by atoms with Crippen molar-refractivity contribution < 1.29 is 23.4 Å². The van der Waals surface area contributed by atoms with E-state index in [1.54, 1.807) is 43.3 Å². The molecule has 1 atom stereocenters. The number of ether oxygens (including phenoxy) is 3. The molecule has 0 saturated carbocycles. The van der Waals surface area contributed by atoms with Gasteiger partial charge in [-0.05, 0) is 43.2 Å². The summed E-state index contributed by atoms with van der Waals surface area (Å²) in [4.78, 5) is 31.6. The maximum absolute atomic E-state index is 13.7. The zero-order valence-electron chi connectivity index (χ0n) is 19.8. The van der Waals surface area contributed by atoms with Crippen molar-refractivity contribution in [3.05, 3.63) is 90.4 Å². The Morgan fingerprint density at radius 3 is 2.60 bits per heavy atom. The fourth-order valence-corrected chi connectivity index (χ4v) is 5.01. The molecule has 7 nitrogen and oxygen atoms in total. The number of esters is 1. The Morgan fingerprint density at radius 1 is 1.20 bits per heavy atom. The van der Waals surface area contributed by atoms with E-state index in [4.69, 9.17) is 14.2 Å². The highest BCUT2D eigenvalue weighted by Crippen LogP contribution is 2.40. The lowest BCUT2D eigenvalue weighted by molar-refractivity contribution is -0.136. The van der Waals surface area contributed by atoms with Gasteiger partial charge in [-0.2, -0.15) is 0 Å². The van der Waals surface area contributed by atoms with E-state index in [-0.39, 0.29) is 16.9 Å². The van der Waals surface area contributed by atoms with Crippen molar-refractivity contribution in [2.24, 2.45) is 4.99 Å². The Labute approximate surface area is 205 Å². The largest absolute Gasteiger partial charge is 0.493 e. The lowest BCUT2D eigenvalue weighted by Crippen LogP contribution is -2.40. The summed E-state index contributed by atoms with van der Waals surface area (Å²) in [5.74, 6) is -0.0118. The van der Waals surface area contributed by atoms with Crippen molar-refractivity contribution in [2.75, 3.05) is 20.8 Å². The molecule has 0 fully saturated rings. The number of fused-ring (bicyclic) bond motifs is 1. The van der Waals surface area contributed by atoms with Crippen LogP contribution in [0.25, 0.3) is 6.08 Å². The summed E-state index contributed by atoms with van der Waals surface area (Å²) in [5, 5.41) is 0. The van der Waals surface area contributed by atoms with Crippen molar-refractivity contribution in [2.45, 2.75) is 26.3 Å². The van der Waals surface area contributed by atoms with Crippen LogP contribution in [0.2, 0.25) is 0 Å². The molecule has 0 N–H and O–H groups in total. The molecular formula is C26H25FN2O5S. The summed E-state index contributed by atoms with van der Waals surface area (Å²) in [6.07, 6.45) is 2.44. The average molecular weight is 497 g/mol. The number of halogens is 1. The number of benzene rings is 2. The molecule has 0 unspecified atom stereocenters. The number of hydrogen-bond acceptors (Lipinski definition) is 7. The first-order chi connectivity index (χ1) is 16.9. The maximum atomic E-state index is 13.7. The molecule has 0 bridgehead atoms. The third kappa shape index (κ3) is 4.64. The normalized spacial score (nSPS) is 15.5. The second-order valence-corrected chi connectivity index (χ2v) is 8.86. The van der Waals surface area contributed by atoms with Gasteiger partial charge < -0.3 is 14.2 Å². The Hall–Kier alpha value is -3.72. The Balaban J connectivity index is 2.00. The lowest BCUT2D eigenvalue weighted by Gasteiger charge is -2.26. The molecular weight excluding hydrogens is 471 g/mol. The van der Waals surface area contributed by atoms with E-state index in [1.165, 1.54) is 42.3 Å². The molecule has 0 aliphatic carbocycles. The van der Waals surface area contributed by atoms with Crippen LogP contribution < -0.4 is 24.4 Å². The summed E-state index contributed by atoms with van der Waals surface area (Å²) >= 11 is 1.19. The smallest absolute Gasteiger partial charge is 0.338 e. The minimum absolute atomic E-state index is 0.239. The molecule has 9 heteroatoms. The van der Waals surface area contributed by atoms with Crippen molar-refractivity contribution in [1.82, 2.24) is 4.57 Å². The molecule has 3 aromatic rings. The van der Waals surface area contributed by atoms with Crippen LogP contribution in [0.15, 0.2) is 63.5 Å². The number of nitrogens with zero attached hydrogens (tertiary/aromatic N) is 2. The zero-order valence-corrected chi connectivity index (χ0v) is 20.6. The van der Waals surface area contributed by atoms with E-state index in [2.05, 4.69) is 4.99 Å². The van der Waals surface area contributed by atoms with E-state index in [0.29, 0.717) is 44.3 Å². The highest BCUT2D eigenvalue weighted by atomic mass is 32.1. The van der Waals surface area contributed by atoms with Gasteiger partial charge in [0.1, 0.15) is 11.9 Å².